The molecule has 2 heterocycles. The minimum absolute atomic E-state index is 0.429. The number of anilines is 1. The second kappa shape index (κ2) is 6.72. The molecular weight excluding hydrogens is 385 g/mol. The predicted molar refractivity (Wildman–Crippen MR) is 106 cm³/mol. The molecule has 8 heteroatoms. The molecule has 1 aliphatic heterocycles. The van der Waals surface area contributed by atoms with Crippen LogP contribution < -0.4 is 11.1 Å². The van der Waals surface area contributed by atoms with Crippen LogP contribution in [0.2, 0.25) is 10.0 Å². The molecule has 0 saturated heterocycles. The summed E-state index contributed by atoms with van der Waals surface area (Å²) in [4.78, 5) is 16.7. The van der Waals surface area contributed by atoms with E-state index in [4.69, 9.17) is 28.9 Å². The van der Waals surface area contributed by atoms with E-state index < -0.39 is 11.9 Å². The first-order chi connectivity index (χ1) is 13.0. The van der Waals surface area contributed by atoms with Gasteiger partial charge in [0.05, 0.1) is 10.6 Å². The van der Waals surface area contributed by atoms with E-state index in [1.54, 1.807) is 29.8 Å². The van der Waals surface area contributed by atoms with Gasteiger partial charge in [-0.1, -0.05) is 53.5 Å². The summed E-state index contributed by atoms with van der Waals surface area (Å²) in [5.41, 5.74) is 8.28. The van der Waals surface area contributed by atoms with Gasteiger partial charge >= 0.3 is 0 Å². The van der Waals surface area contributed by atoms with E-state index in [0.29, 0.717) is 38.7 Å². The van der Waals surface area contributed by atoms with Gasteiger partial charge in [0.25, 0.3) is 0 Å². The molecule has 0 aliphatic carbocycles. The van der Waals surface area contributed by atoms with Gasteiger partial charge in [0.2, 0.25) is 11.9 Å². The third kappa shape index (κ3) is 3.07. The Kier molecular flexibility index (Phi) is 4.37. The predicted octanol–water partition coefficient (Wildman–Crippen LogP) is 4.03. The van der Waals surface area contributed by atoms with Crippen molar-refractivity contribution >= 4 is 35.1 Å². The third-order valence-corrected chi connectivity index (χ3v) is 4.95. The van der Waals surface area contributed by atoms with Crippen molar-refractivity contribution in [3.8, 4) is 11.4 Å². The van der Waals surface area contributed by atoms with Crippen molar-refractivity contribution in [3.05, 3.63) is 75.4 Å². The number of carbonyl (C=O) groups is 1. The van der Waals surface area contributed by atoms with E-state index in [1.165, 1.54) is 0 Å². The minimum atomic E-state index is -0.513. The third-order valence-electron chi connectivity index (χ3n) is 4.41. The highest BCUT2D eigenvalue weighted by Crippen LogP contribution is 2.37. The van der Waals surface area contributed by atoms with Crippen molar-refractivity contribution < 1.29 is 4.79 Å². The average molecular weight is 400 g/mol. The highest BCUT2D eigenvalue weighted by Gasteiger charge is 2.33. The first-order valence-electron chi connectivity index (χ1n) is 8.20. The molecule has 136 valence electrons. The largest absolute Gasteiger partial charge is 0.366 e. The number of nitrogens with one attached hydrogen (secondary N) is 1. The van der Waals surface area contributed by atoms with Crippen molar-refractivity contribution in [2.24, 2.45) is 5.73 Å². The quantitative estimate of drug-likeness (QED) is 0.695. The normalized spacial score (nSPS) is 16.0. The number of halogens is 2. The second-order valence-corrected chi connectivity index (χ2v) is 7.01. The standard InChI is InChI=1S/C19H15Cl2N5O/c1-10-15(17(22)27)16(11-5-3-2-4-6-11)26-19(23-10)24-18(25-26)13-8-7-12(20)9-14(13)21/h2-9,16H,1H3,(H2,22,27)(H,23,24,25). The molecule has 27 heavy (non-hydrogen) atoms. The highest BCUT2D eigenvalue weighted by atomic mass is 35.5. The van der Waals surface area contributed by atoms with Gasteiger partial charge in [0.1, 0.15) is 6.04 Å². The van der Waals surface area contributed by atoms with Crippen molar-refractivity contribution in [1.82, 2.24) is 14.8 Å². The van der Waals surface area contributed by atoms with Crippen molar-refractivity contribution in [2.75, 3.05) is 5.32 Å². The number of nitrogens with zero attached hydrogens (tertiary/aromatic N) is 3. The van der Waals surface area contributed by atoms with Crippen molar-refractivity contribution in [2.45, 2.75) is 13.0 Å². The van der Waals surface area contributed by atoms with Crippen LogP contribution in [0, 0.1) is 0 Å². The van der Waals surface area contributed by atoms with Crippen molar-refractivity contribution in [1.29, 1.82) is 0 Å². The Morgan fingerprint density at radius 1 is 1.19 bits per heavy atom. The number of hydrogen-bond acceptors (Lipinski definition) is 4. The van der Waals surface area contributed by atoms with Crippen LogP contribution in [0.4, 0.5) is 5.95 Å². The molecule has 1 aliphatic rings. The Morgan fingerprint density at radius 2 is 1.93 bits per heavy atom. The number of nitrogens with two attached hydrogens (primary N) is 1. The lowest BCUT2D eigenvalue weighted by Crippen LogP contribution is -2.31. The highest BCUT2D eigenvalue weighted by molar-refractivity contribution is 6.36. The summed E-state index contributed by atoms with van der Waals surface area (Å²) in [6, 6.07) is 14.2. The van der Waals surface area contributed by atoms with Crippen LogP contribution in [0.5, 0.6) is 0 Å². The maximum Gasteiger partial charge on any atom is 0.248 e. The van der Waals surface area contributed by atoms with Gasteiger partial charge in [-0.05, 0) is 30.7 Å². The SMILES string of the molecule is CC1=C(C(N)=O)C(c2ccccc2)n2nc(-c3ccc(Cl)cc3Cl)nc2N1. The number of primary amides is 1. The molecule has 0 fully saturated rings. The Hall–Kier alpha value is -2.83. The molecule has 3 N–H and O–H groups in total. The van der Waals surface area contributed by atoms with Gasteiger partial charge < -0.3 is 11.1 Å². The fourth-order valence-corrected chi connectivity index (χ4v) is 3.69. The average Bonchev–Trinajstić information content (AvgIpc) is 3.04. The summed E-state index contributed by atoms with van der Waals surface area (Å²) in [6.07, 6.45) is 0. The Morgan fingerprint density at radius 3 is 2.59 bits per heavy atom. The lowest BCUT2D eigenvalue weighted by Gasteiger charge is -2.27. The number of rotatable bonds is 3. The molecule has 2 aromatic carbocycles. The van der Waals surface area contributed by atoms with E-state index in [0.717, 1.165) is 5.56 Å². The number of amides is 1. The smallest absolute Gasteiger partial charge is 0.248 e. The van der Waals surface area contributed by atoms with Crippen molar-refractivity contribution in [3.63, 3.8) is 0 Å². The molecule has 0 spiro atoms. The van der Waals surface area contributed by atoms with E-state index >= 15 is 0 Å². The molecule has 6 nitrogen and oxygen atoms in total. The van der Waals surface area contributed by atoms with Crippen LogP contribution in [0.3, 0.4) is 0 Å². The molecule has 1 amide bonds. The molecule has 4 rings (SSSR count). The second-order valence-electron chi connectivity index (χ2n) is 6.17. The Bertz CT molecular complexity index is 1070. The van der Waals surface area contributed by atoms with Gasteiger partial charge in [-0.2, -0.15) is 4.98 Å². The van der Waals surface area contributed by atoms with E-state index in [-0.39, 0.29) is 0 Å². The molecule has 0 radical (unpaired) electrons. The maximum absolute atomic E-state index is 12.2. The topological polar surface area (TPSA) is 85.8 Å². The number of allylic oxidation sites excluding steroid dienone is 1. The summed E-state index contributed by atoms with van der Waals surface area (Å²) in [5, 5.41) is 8.70. The lowest BCUT2D eigenvalue weighted by molar-refractivity contribution is -0.115. The number of carbonyl (C=O) groups excluding carboxylic acids is 1. The number of fused-ring (bicyclic) bond motifs is 1. The van der Waals surface area contributed by atoms with Gasteiger partial charge in [-0.3, -0.25) is 4.79 Å². The summed E-state index contributed by atoms with van der Waals surface area (Å²) in [5.74, 6) is 0.423. The fraction of sp³-hybridized carbons (Fsp3) is 0.105. The molecule has 0 bridgehead atoms. The van der Waals surface area contributed by atoms with Gasteiger partial charge in [0.15, 0.2) is 5.82 Å². The van der Waals surface area contributed by atoms with E-state index in [1.807, 2.05) is 30.3 Å². The van der Waals surface area contributed by atoms with E-state index in [9.17, 15) is 4.79 Å². The summed E-state index contributed by atoms with van der Waals surface area (Å²) >= 11 is 12.3. The summed E-state index contributed by atoms with van der Waals surface area (Å²) in [6.45, 7) is 1.79. The molecule has 1 unspecified atom stereocenters. The van der Waals surface area contributed by atoms with Crippen LogP contribution in [0.15, 0.2) is 59.8 Å². The van der Waals surface area contributed by atoms with Gasteiger partial charge in [0, 0.05) is 16.3 Å². The first-order valence-corrected chi connectivity index (χ1v) is 8.96. The van der Waals surface area contributed by atoms with Crippen LogP contribution in [0.1, 0.15) is 18.5 Å². The first kappa shape index (κ1) is 17.6. The maximum atomic E-state index is 12.2. The lowest BCUT2D eigenvalue weighted by atomic mass is 9.95. The Balaban J connectivity index is 1.89. The van der Waals surface area contributed by atoms with Gasteiger partial charge in [-0.15, -0.1) is 5.10 Å². The molecule has 0 saturated carbocycles. The number of hydrogen-bond donors (Lipinski definition) is 2. The monoisotopic (exact) mass is 399 g/mol. The van der Waals surface area contributed by atoms with Gasteiger partial charge in [-0.25, -0.2) is 4.68 Å². The molecule has 1 aromatic heterocycles. The molecule has 1 atom stereocenters. The summed E-state index contributed by atoms with van der Waals surface area (Å²) < 4.78 is 1.66. The zero-order valence-corrected chi connectivity index (χ0v) is 15.8. The zero-order valence-electron chi connectivity index (χ0n) is 14.3. The zero-order chi connectivity index (χ0) is 19.1. The fourth-order valence-electron chi connectivity index (χ4n) is 3.20. The number of benzene rings is 2. The van der Waals surface area contributed by atoms with Crippen LogP contribution in [-0.2, 0) is 4.79 Å². The van der Waals surface area contributed by atoms with Crippen LogP contribution in [-0.4, -0.2) is 20.7 Å². The molecular formula is C19H15Cl2N5O. The van der Waals surface area contributed by atoms with Crippen LogP contribution >= 0.6 is 23.2 Å². The molecule has 3 aromatic rings. The minimum Gasteiger partial charge on any atom is -0.366 e. The summed E-state index contributed by atoms with van der Waals surface area (Å²) in [7, 11) is 0. The van der Waals surface area contributed by atoms with E-state index in [2.05, 4.69) is 15.4 Å². The number of aromatic nitrogens is 3. The Labute approximate surface area is 165 Å². The van der Waals surface area contributed by atoms with Crippen LogP contribution in [0.25, 0.3) is 11.4 Å².